The Labute approximate surface area is 153 Å². The number of nitrogens with zero attached hydrogens (tertiary/aromatic N) is 3. The van der Waals surface area contributed by atoms with Gasteiger partial charge in [-0.15, -0.1) is 0 Å². The minimum atomic E-state index is -0.751. The largest absolute Gasteiger partial charge is 0.327 e. The van der Waals surface area contributed by atoms with Crippen LogP contribution in [0.25, 0.3) is 0 Å². The van der Waals surface area contributed by atoms with Crippen molar-refractivity contribution in [3.05, 3.63) is 39.2 Å². The summed E-state index contributed by atoms with van der Waals surface area (Å²) in [5.41, 5.74) is -0.0584. The van der Waals surface area contributed by atoms with Crippen molar-refractivity contribution in [2.75, 3.05) is 5.32 Å². The number of imide groups is 1. The predicted octanol–water partition coefficient (Wildman–Crippen LogP) is 3.86. The second-order valence-corrected chi connectivity index (χ2v) is 6.42. The fraction of sp³-hybridized carbons (Fsp3) is 0.286. The SMILES string of the molecule is CC(C)Cn1nccc1NC(=O)NC(=O)c1cc(Cl)c(Cl)nc1Cl. The van der Waals surface area contributed by atoms with Crippen molar-refractivity contribution < 1.29 is 9.59 Å². The Morgan fingerprint density at radius 2 is 1.96 bits per heavy atom. The molecule has 2 aromatic rings. The first-order valence-electron chi connectivity index (χ1n) is 6.93. The molecule has 0 aromatic carbocycles. The predicted molar refractivity (Wildman–Crippen MR) is 92.8 cm³/mol. The van der Waals surface area contributed by atoms with Gasteiger partial charge in [-0.05, 0) is 12.0 Å². The summed E-state index contributed by atoms with van der Waals surface area (Å²) in [6, 6.07) is 2.14. The maximum atomic E-state index is 12.1. The number of urea groups is 1. The van der Waals surface area contributed by atoms with Crippen LogP contribution in [0, 0.1) is 5.92 Å². The van der Waals surface area contributed by atoms with E-state index in [9.17, 15) is 9.59 Å². The molecule has 10 heteroatoms. The van der Waals surface area contributed by atoms with Gasteiger partial charge < -0.3 is 0 Å². The van der Waals surface area contributed by atoms with Gasteiger partial charge in [0.25, 0.3) is 5.91 Å². The molecule has 3 amide bonds. The third-order valence-electron chi connectivity index (χ3n) is 2.85. The van der Waals surface area contributed by atoms with Crippen molar-refractivity contribution in [2.45, 2.75) is 20.4 Å². The van der Waals surface area contributed by atoms with Crippen LogP contribution in [0.15, 0.2) is 18.3 Å². The molecule has 0 radical (unpaired) electrons. The zero-order valence-electron chi connectivity index (χ0n) is 12.8. The van der Waals surface area contributed by atoms with Crippen LogP contribution in [0.3, 0.4) is 0 Å². The van der Waals surface area contributed by atoms with Crippen LogP contribution in [0.5, 0.6) is 0 Å². The molecule has 0 spiro atoms. The molecular formula is C14H14Cl3N5O2. The number of carbonyl (C=O) groups excluding carboxylic acids is 2. The molecule has 0 aliphatic rings. The summed E-state index contributed by atoms with van der Waals surface area (Å²) < 4.78 is 1.63. The highest BCUT2D eigenvalue weighted by molar-refractivity contribution is 6.42. The number of anilines is 1. The number of pyridine rings is 1. The number of hydrogen-bond acceptors (Lipinski definition) is 4. The third-order valence-corrected chi connectivity index (χ3v) is 3.82. The Morgan fingerprint density at radius 1 is 1.25 bits per heavy atom. The third kappa shape index (κ3) is 4.59. The molecule has 2 rings (SSSR count). The van der Waals surface area contributed by atoms with Crippen LogP contribution < -0.4 is 10.6 Å². The molecule has 0 unspecified atom stereocenters. The van der Waals surface area contributed by atoms with Crippen molar-refractivity contribution in [1.82, 2.24) is 20.1 Å². The minimum absolute atomic E-state index is 0.0275. The molecule has 0 bridgehead atoms. The van der Waals surface area contributed by atoms with E-state index in [4.69, 9.17) is 34.8 Å². The minimum Gasteiger partial charge on any atom is -0.292 e. The molecule has 0 saturated carbocycles. The highest BCUT2D eigenvalue weighted by atomic mass is 35.5. The Balaban J connectivity index is 2.06. The number of amides is 3. The van der Waals surface area contributed by atoms with Crippen LogP contribution in [0.4, 0.5) is 10.6 Å². The molecule has 128 valence electrons. The first kappa shape index (κ1) is 18.5. The van der Waals surface area contributed by atoms with E-state index in [0.717, 1.165) is 0 Å². The van der Waals surface area contributed by atoms with Gasteiger partial charge >= 0.3 is 6.03 Å². The summed E-state index contributed by atoms with van der Waals surface area (Å²) in [5.74, 6) is 0.0575. The molecule has 2 N–H and O–H groups in total. The van der Waals surface area contributed by atoms with Gasteiger partial charge in [0, 0.05) is 12.6 Å². The fourth-order valence-corrected chi connectivity index (χ4v) is 2.41. The van der Waals surface area contributed by atoms with E-state index in [1.165, 1.54) is 6.07 Å². The van der Waals surface area contributed by atoms with Crippen molar-refractivity contribution in [3.63, 3.8) is 0 Å². The molecule has 2 heterocycles. The topological polar surface area (TPSA) is 88.9 Å². The van der Waals surface area contributed by atoms with E-state index in [1.54, 1.807) is 16.9 Å². The zero-order chi connectivity index (χ0) is 17.9. The molecule has 0 saturated heterocycles. The van der Waals surface area contributed by atoms with Crippen LogP contribution >= 0.6 is 34.8 Å². The number of rotatable bonds is 4. The average Bonchev–Trinajstić information content (AvgIpc) is 2.88. The maximum absolute atomic E-state index is 12.1. The number of halogens is 3. The number of hydrogen-bond donors (Lipinski definition) is 2. The van der Waals surface area contributed by atoms with Crippen molar-refractivity contribution in [3.8, 4) is 0 Å². The van der Waals surface area contributed by atoms with Gasteiger partial charge in [-0.2, -0.15) is 5.10 Å². The summed E-state index contributed by atoms with van der Waals surface area (Å²) in [6.07, 6.45) is 1.56. The standard InChI is InChI=1S/C14H14Cl3N5O2/c1-7(2)6-22-10(3-4-18-22)19-14(24)21-13(23)8-5-9(15)12(17)20-11(8)16/h3-5,7H,6H2,1-2H3,(H2,19,21,23,24). The maximum Gasteiger partial charge on any atom is 0.327 e. The first-order chi connectivity index (χ1) is 11.3. The van der Waals surface area contributed by atoms with E-state index in [2.05, 4.69) is 20.7 Å². The van der Waals surface area contributed by atoms with E-state index in [0.29, 0.717) is 18.3 Å². The smallest absolute Gasteiger partial charge is 0.292 e. The van der Waals surface area contributed by atoms with Crippen molar-refractivity contribution in [1.29, 1.82) is 0 Å². The van der Waals surface area contributed by atoms with Gasteiger partial charge in [-0.1, -0.05) is 48.7 Å². The lowest BCUT2D eigenvalue weighted by molar-refractivity contribution is 0.0967. The monoisotopic (exact) mass is 389 g/mol. The molecule has 0 fully saturated rings. The van der Waals surface area contributed by atoms with Gasteiger partial charge in [-0.25, -0.2) is 14.5 Å². The van der Waals surface area contributed by atoms with E-state index < -0.39 is 11.9 Å². The van der Waals surface area contributed by atoms with Crippen LogP contribution in [-0.2, 0) is 6.54 Å². The molecular weight excluding hydrogens is 377 g/mol. The Morgan fingerprint density at radius 3 is 2.62 bits per heavy atom. The number of aromatic nitrogens is 3. The lowest BCUT2D eigenvalue weighted by Gasteiger charge is -2.11. The molecule has 2 aromatic heterocycles. The van der Waals surface area contributed by atoms with E-state index >= 15 is 0 Å². The van der Waals surface area contributed by atoms with Crippen LogP contribution in [-0.4, -0.2) is 26.7 Å². The van der Waals surface area contributed by atoms with Gasteiger partial charge in [-0.3, -0.25) is 15.4 Å². The highest BCUT2D eigenvalue weighted by Gasteiger charge is 2.18. The van der Waals surface area contributed by atoms with Gasteiger partial charge in [0.05, 0.1) is 16.8 Å². The Hall–Kier alpha value is -1.83. The zero-order valence-corrected chi connectivity index (χ0v) is 15.1. The molecule has 0 atom stereocenters. The lowest BCUT2D eigenvalue weighted by atomic mass is 10.2. The summed E-state index contributed by atoms with van der Waals surface area (Å²) >= 11 is 17.4. The van der Waals surface area contributed by atoms with Crippen molar-refractivity contribution in [2.24, 2.45) is 5.92 Å². The summed E-state index contributed by atoms with van der Waals surface area (Å²) in [7, 11) is 0. The van der Waals surface area contributed by atoms with Gasteiger partial charge in [0.1, 0.15) is 16.1 Å². The molecule has 0 aliphatic heterocycles. The molecule has 24 heavy (non-hydrogen) atoms. The first-order valence-corrected chi connectivity index (χ1v) is 8.07. The number of carbonyl (C=O) groups is 2. The summed E-state index contributed by atoms with van der Waals surface area (Å²) in [5, 5.41) is 8.68. The molecule has 0 aliphatic carbocycles. The average molecular weight is 391 g/mol. The van der Waals surface area contributed by atoms with Gasteiger partial charge in [0.2, 0.25) is 0 Å². The van der Waals surface area contributed by atoms with E-state index in [1.807, 2.05) is 13.8 Å². The quantitative estimate of drug-likeness (QED) is 0.776. The number of nitrogens with one attached hydrogen (secondary N) is 2. The lowest BCUT2D eigenvalue weighted by Crippen LogP contribution is -2.35. The van der Waals surface area contributed by atoms with Gasteiger partial charge in [0.15, 0.2) is 0 Å². The van der Waals surface area contributed by atoms with Crippen LogP contribution in [0.2, 0.25) is 15.3 Å². The van der Waals surface area contributed by atoms with Crippen LogP contribution in [0.1, 0.15) is 24.2 Å². The Bertz CT molecular complexity index is 776. The second kappa shape index (κ2) is 7.83. The van der Waals surface area contributed by atoms with E-state index in [-0.39, 0.29) is 20.9 Å². The Kier molecular flexibility index (Phi) is 6.04. The summed E-state index contributed by atoms with van der Waals surface area (Å²) in [6.45, 7) is 4.67. The fourth-order valence-electron chi connectivity index (χ4n) is 1.85. The highest BCUT2D eigenvalue weighted by Crippen LogP contribution is 2.25. The second-order valence-electron chi connectivity index (χ2n) is 5.30. The molecule has 7 nitrogen and oxygen atoms in total. The summed E-state index contributed by atoms with van der Waals surface area (Å²) in [4.78, 5) is 27.8. The normalized spacial score (nSPS) is 10.8. The van der Waals surface area contributed by atoms with Crippen molar-refractivity contribution >= 4 is 52.6 Å².